The molecule has 5 atom stereocenters. The zero-order valence-electron chi connectivity index (χ0n) is 26.0. The minimum Gasteiger partial charge on any atom is -0.460 e. The minimum atomic E-state index is -4.50. The van der Waals surface area contributed by atoms with E-state index in [1.165, 1.54) is 0 Å². The zero-order chi connectivity index (χ0) is 34.4. The van der Waals surface area contributed by atoms with Crippen molar-refractivity contribution in [3.05, 3.63) is 147 Å². The zero-order valence-corrected chi connectivity index (χ0v) is 26.9. The molecule has 6 rings (SSSR count). The first kappa shape index (κ1) is 34.0. The van der Waals surface area contributed by atoms with Crippen molar-refractivity contribution < 1.29 is 37.4 Å². The van der Waals surface area contributed by atoms with Crippen LogP contribution in [-0.4, -0.2) is 45.5 Å². The van der Waals surface area contributed by atoms with Gasteiger partial charge < -0.3 is 19.1 Å². The number of aromatic nitrogens is 2. The highest BCUT2D eigenvalue weighted by atomic mass is 31.2. The molecule has 0 amide bonds. The van der Waals surface area contributed by atoms with Gasteiger partial charge in [0, 0.05) is 11.8 Å². The van der Waals surface area contributed by atoms with Gasteiger partial charge in [-0.05, 0) is 29.0 Å². The molecule has 2 unspecified atom stereocenters. The Morgan fingerprint density at radius 1 is 0.980 bits per heavy atom. The second-order valence-electron chi connectivity index (χ2n) is 11.4. The van der Waals surface area contributed by atoms with E-state index in [1.54, 1.807) is 60.7 Å². The van der Waals surface area contributed by atoms with Crippen molar-refractivity contribution in [2.75, 3.05) is 6.61 Å². The lowest BCUT2D eigenvalue weighted by Crippen LogP contribution is -2.40. The SMILES string of the molecule is O=C(OCc1ccccc1)[C@H](Cc1ccccc1)NP(=O)(OC[C@H]1O[C@@H](n2cc(F)c(=O)[nH]c2=O)CC1O)Oc1cccc2ccccc12. The van der Waals surface area contributed by atoms with E-state index < -0.39 is 61.9 Å². The number of carbonyl (C=O) groups excluding carboxylic acids is 1. The third-order valence-electron chi connectivity index (χ3n) is 7.92. The first-order chi connectivity index (χ1) is 23.7. The highest BCUT2D eigenvalue weighted by Crippen LogP contribution is 2.48. The van der Waals surface area contributed by atoms with Crippen molar-refractivity contribution in [2.45, 2.75) is 43.9 Å². The number of nitrogens with zero attached hydrogens (tertiary/aromatic N) is 1. The van der Waals surface area contributed by atoms with Crippen LogP contribution in [0.25, 0.3) is 10.8 Å². The molecule has 0 saturated carbocycles. The summed E-state index contributed by atoms with van der Waals surface area (Å²) in [6.45, 7) is -0.555. The van der Waals surface area contributed by atoms with Crippen LogP contribution in [0.15, 0.2) is 119 Å². The molecule has 0 spiro atoms. The van der Waals surface area contributed by atoms with E-state index in [-0.39, 0.29) is 25.2 Å². The third kappa shape index (κ3) is 8.40. The van der Waals surface area contributed by atoms with Crippen molar-refractivity contribution in [3.63, 3.8) is 0 Å². The predicted octanol–water partition coefficient (Wildman–Crippen LogP) is 4.63. The van der Waals surface area contributed by atoms with Gasteiger partial charge >= 0.3 is 19.4 Å². The third-order valence-corrected chi connectivity index (χ3v) is 9.47. The Labute approximate surface area is 279 Å². The fraction of sp³-hybridized carbons (Fsp3) is 0.229. The molecule has 12 nitrogen and oxygen atoms in total. The van der Waals surface area contributed by atoms with E-state index in [1.807, 2.05) is 47.4 Å². The van der Waals surface area contributed by atoms with Crippen LogP contribution in [0.4, 0.5) is 4.39 Å². The molecule has 14 heteroatoms. The minimum absolute atomic E-state index is 0.0316. The molecule has 3 N–H and O–H groups in total. The summed E-state index contributed by atoms with van der Waals surface area (Å²) in [6, 6.07) is 29.4. The van der Waals surface area contributed by atoms with Gasteiger partial charge in [-0.15, -0.1) is 0 Å². The van der Waals surface area contributed by atoms with Crippen LogP contribution in [-0.2, 0) is 36.4 Å². The molecule has 0 aliphatic carbocycles. The molecular weight excluding hydrogens is 656 g/mol. The molecule has 0 bridgehead atoms. The lowest BCUT2D eigenvalue weighted by molar-refractivity contribution is -0.147. The van der Waals surface area contributed by atoms with Crippen molar-refractivity contribution in [3.8, 4) is 5.75 Å². The monoisotopic (exact) mass is 689 g/mol. The maximum absolute atomic E-state index is 14.7. The Bertz CT molecular complexity index is 2070. The fourth-order valence-electron chi connectivity index (χ4n) is 5.43. The van der Waals surface area contributed by atoms with Crippen molar-refractivity contribution in [1.29, 1.82) is 0 Å². The number of ether oxygens (including phenoxy) is 2. The smallest absolute Gasteiger partial charge is 0.459 e. The summed E-state index contributed by atoms with van der Waals surface area (Å²) in [4.78, 5) is 39.3. The number of aliphatic hydroxyl groups excluding tert-OH is 1. The molecule has 254 valence electrons. The van der Waals surface area contributed by atoms with Crippen molar-refractivity contribution >= 4 is 24.5 Å². The van der Waals surface area contributed by atoms with Gasteiger partial charge in [0.15, 0.2) is 0 Å². The van der Waals surface area contributed by atoms with E-state index in [4.69, 9.17) is 18.5 Å². The Hall–Kier alpha value is -4.91. The van der Waals surface area contributed by atoms with Gasteiger partial charge in [0.2, 0.25) is 5.82 Å². The number of H-pyrrole nitrogens is 1. The van der Waals surface area contributed by atoms with Gasteiger partial charge in [-0.2, -0.15) is 9.48 Å². The molecule has 5 aromatic rings. The van der Waals surface area contributed by atoms with Gasteiger partial charge in [0.05, 0.1) is 18.9 Å². The Morgan fingerprint density at radius 3 is 2.41 bits per heavy atom. The van der Waals surface area contributed by atoms with Crippen LogP contribution in [0.2, 0.25) is 0 Å². The summed E-state index contributed by atoms with van der Waals surface area (Å²) in [6.07, 6.45) is -2.97. The second-order valence-corrected chi connectivity index (χ2v) is 13.1. The van der Waals surface area contributed by atoms with Crippen molar-refractivity contribution in [1.82, 2.24) is 14.6 Å². The second kappa shape index (κ2) is 15.1. The highest BCUT2D eigenvalue weighted by Gasteiger charge is 2.40. The van der Waals surface area contributed by atoms with Crippen LogP contribution in [0.5, 0.6) is 5.75 Å². The highest BCUT2D eigenvalue weighted by molar-refractivity contribution is 7.52. The number of benzene rings is 4. The van der Waals surface area contributed by atoms with Gasteiger partial charge in [-0.1, -0.05) is 97.1 Å². The number of esters is 1. The summed E-state index contributed by atoms with van der Waals surface area (Å²) in [7, 11) is -4.50. The van der Waals surface area contributed by atoms with Crippen LogP contribution in [0, 0.1) is 5.82 Å². The van der Waals surface area contributed by atoms with E-state index in [0.29, 0.717) is 11.6 Å². The summed E-state index contributed by atoms with van der Waals surface area (Å²) < 4.78 is 52.9. The van der Waals surface area contributed by atoms with Gasteiger partial charge in [-0.3, -0.25) is 23.7 Å². The first-order valence-corrected chi connectivity index (χ1v) is 17.0. The number of hydrogen-bond donors (Lipinski definition) is 3. The average Bonchev–Trinajstić information content (AvgIpc) is 3.48. The van der Waals surface area contributed by atoms with E-state index in [2.05, 4.69) is 5.09 Å². The lowest BCUT2D eigenvalue weighted by atomic mass is 10.1. The summed E-state index contributed by atoms with van der Waals surface area (Å²) in [5.74, 6) is -1.72. The number of carbonyl (C=O) groups is 1. The van der Waals surface area contributed by atoms with Gasteiger partial charge in [-0.25, -0.2) is 9.36 Å². The number of aliphatic hydroxyl groups is 1. The normalized spacial score (nSPS) is 19.3. The number of fused-ring (bicyclic) bond motifs is 1. The quantitative estimate of drug-likeness (QED) is 0.118. The van der Waals surface area contributed by atoms with E-state index >= 15 is 0 Å². The van der Waals surface area contributed by atoms with Crippen LogP contribution < -0.4 is 20.9 Å². The standard InChI is InChI=1S/C35H33FN3O9P/c36-27-20-39(35(43)37-33(27)41)32-19-29(40)31(47-32)22-46-49(44,48-30-17-9-15-25-14-7-8-16-26(25)30)38-28(18-23-10-3-1-4-11-23)34(42)45-21-24-12-5-2-6-13-24/h1-17,20,28-29,31-32,40H,18-19,21-22H2,(H,38,44)(H,37,41,43)/t28-,29?,31+,32+,49?/m0/s1. The molecule has 49 heavy (non-hydrogen) atoms. The molecule has 0 radical (unpaired) electrons. The summed E-state index contributed by atoms with van der Waals surface area (Å²) >= 11 is 0. The molecule has 1 fully saturated rings. The topological polar surface area (TPSA) is 158 Å². The van der Waals surface area contributed by atoms with Gasteiger partial charge in [0.1, 0.15) is 30.7 Å². The van der Waals surface area contributed by atoms with Gasteiger partial charge in [0.25, 0.3) is 5.56 Å². The van der Waals surface area contributed by atoms with Crippen LogP contribution in [0.1, 0.15) is 23.8 Å². The summed E-state index contributed by atoms with van der Waals surface area (Å²) in [5, 5.41) is 15.0. The Morgan fingerprint density at radius 2 is 1.65 bits per heavy atom. The molecule has 2 heterocycles. The van der Waals surface area contributed by atoms with Crippen LogP contribution >= 0.6 is 7.75 Å². The number of rotatable bonds is 13. The largest absolute Gasteiger partial charge is 0.460 e. The number of aromatic amines is 1. The fourth-order valence-corrected chi connectivity index (χ4v) is 6.95. The predicted molar refractivity (Wildman–Crippen MR) is 177 cm³/mol. The molecule has 1 saturated heterocycles. The van der Waals surface area contributed by atoms with E-state index in [0.717, 1.165) is 21.1 Å². The number of halogens is 1. The average molecular weight is 690 g/mol. The molecule has 1 aliphatic rings. The van der Waals surface area contributed by atoms with Crippen LogP contribution in [0.3, 0.4) is 0 Å². The van der Waals surface area contributed by atoms with Crippen molar-refractivity contribution in [2.24, 2.45) is 0 Å². The Kier molecular flexibility index (Phi) is 10.5. The number of hydrogen-bond acceptors (Lipinski definition) is 9. The molecule has 1 aromatic heterocycles. The number of nitrogens with one attached hydrogen (secondary N) is 2. The molecule has 1 aliphatic heterocycles. The molecular formula is C35H33FN3O9P. The summed E-state index contributed by atoms with van der Waals surface area (Å²) in [5.41, 5.74) is -0.632. The van der Waals surface area contributed by atoms with E-state index in [9.17, 15) is 28.4 Å². The lowest BCUT2D eigenvalue weighted by Gasteiger charge is -2.26. The maximum Gasteiger partial charge on any atom is 0.459 e. The maximum atomic E-state index is 14.7. The molecule has 4 aromatic carbocycles. The Balaban J connectivity index is 1.27. The first-order valence-electron chi connectivity index (χ1n) is 15.5.